The minimum Gasteiger partial charge on any atom is -0.216 e. The molecule has 1 aliphatic carbocycles. The zero-order valence-electron chi connectivity index (χ0n) is 13.4. The second-order valence-electron chi connectivity index (χ2n) is 6.51. The van der Waals surface area contributed by atoms with Gasteiger partial charge in [0.1, 0.15) is 0 Å². The van der Waals surface area contributed by atoms with Crippen molar-refractivity contribution in [1.82, 2.24) is 0 Å². The van der Waals surface area contributed by atoms with Crippen LogP contribution < -0.4 is 0 Å². The normalized spacial score (nSPS) is 22.8. The Kier molecular flexibility index (Phi) is 6.99. The minimum atomic E-state index is 0.696. The summed E-state index contributed by atoms with van der Waals surface area (Å²) in [6.07, 6.45) is 13.5. The molecule has 0 radical (unpaired) electrons. The molecule has 0 bridgehead atoms. The number of rotatable bonds is 7. The number of hydrogen-bond acceptors (Lipinski definition) is 0. The van der Waals surface area contributed by atoms with Crippen LogP contribution in [0.1, 0.15) is 75.3 Å². The van der Waals surface area contributed by atoms with Crippen LogP contribution in [-0.2, 0) is 6.42 Å². The number of unbranched alkanes of at least 4 members (excludes halogenated alkanes) is 2. The van der Waals surface area contributed by atoms with Crippen molar-refractivity contribution in [3.8, 4) is 0 Å². The van der Waals surface area contributed by atoms with Gasteiger partial charge in [0, 0.05) is 0 Å². The van der Waals surface area contributed by atoms with E-state index in [1.807, 2.05) is 0 Å². The fourth-order valence-electron chi connectivity index (χ4n) is 3.51. The van der Waals surface area contributed by atoms with Crippen molar-refractivity contribution >= 4 is 0 Å². The smallest absolute Gasteiger partial charge is 0.0827 e. The van der Waals surface area contributed by atoms with Crippen LogP contribution in [0.5, 0.6) is 0 Å². The fraction of sp³-hybridized carbons (Fsp3) is 0.600. The molecule has 1 aliphatic rings. The fourth-order valence-corrected chi connectivity index (χ4v) is 3.51. The molecule has 0 nitrogen and oxygen atoms in total. The summed E-state index contributed by atoms with van der Waals surface area (Å²) in [6.45, 7) is 2.25. The van der Waals surface area contributed by atoms with Gasteiger partial charge >= 0.3 is 0 Å². The third-order valence-corrected chi connectivity index (χ3v) is 4.93. The van der Waals surface area contributed by atoms with E-state index >= 15 is 0 Å². The molecule has 0 amide bonds. The van der Waals surface area contributed by atoms with Crippen LogP contribution >= 0.6 is 0 Å². The van der Waals surface area contributed by atoms with E-state index in [-0.39, 0.29) is 0 Å². The molecule has 0 aromatic heterocycles. The lowest BCUT2D eigenvalue weighted by Gasteiger charge is -2.28. The average Bonchev–Trinajstić information content (AvgIpc) is 2.54. The lowest BCUT2D eigenvalue weighted by atomic mass is 9.77. The van der Waals surface area contributed by atoms with Crippen molar-refractivity contribution < 1.29 is 4.39 Å². The summed E-state index contributed by atoms with van der Waals surface area (Å²) < 4.78 is 12.1. The van der Waals surface area contributed by atoms with Crippen molar-refractivity contribution in [3.63, 3.8) is 0 Å². The quantitative estimate of drug-likeness (QED) is 0.498. The molecule has 21 heavy (non-hydrogen) atoms. The summed E-state index contributed by atoms with van der Waals surface area (Å²) >= 11 is 0. The van der Waals surface area contributed by atoms with E-state index in [0.717, 1.165) is 12.3 Å². The predicted octanol–water partition coefficient (Wildman–Crippen LogP) is 6.57. The maximum atomic E-state index is 12.1. The molecule has 0 aliphatic heterocycles. The van der Waals surface area contributed by atoms with Crippen molar-refractivity contribution in [2.45, 2.75) is 70.6 Å². The van der Waals surface area contributed by atoms with Gasteiger partial charge < -0.3 is 0 Å². The molecule has 0 atom stereocenters. The average molecular weight is 288 g/mol. The summed E-state index contributed by atoms with van der Waals surface area (Å²) in [7, 11) is 0. The highest BCUT2D eigenvalue weighted by Crippen LogP contribution is 2.37. The van der Waals surface area contributed by atoms with Crippen molar-refractivity contribution in [2.75, 3.05) is 0 Å². The van der Waals surface area contributed by atoms with E-state index in [9.17, 15) is 4.39 Å². The van der Waals surface area contributed by atoms with Crippen molar-refractivity contribution in [2.24, 2.45) is 5.92 Å². The van der Waals surface area contributed by atoms with Gasteiger partial charge in [-0.15, -0.1) is 0 Å². The zero-order chi connectivity index (χ0) is 14.9. The molecule has 0 heterocycles. The zero-order valence-corrected chi connectivity index (χ0v) is 13.4. The highest BCUT2D eigenvalue weighted by Gasteiger charge is 2.21. The van der Waals surface area contributed by atoms with Crippen LogP contribution in [0.25, 0.3) is 0 Å². The molecule has 1 aromatic rings. The first-order valence-corrected chi connectivity index (χ1v) is 8.67. The van der Waals surface area contributed by atoms with Crippen LogP contribution in [0.2, 0.25) is 0 Å². The maximum Gasteiger partial charge on any atom is 0.0827 e. The number of aryl methyl sites for hydroxylation is 1. The second-order valence-corrected chi connectivity index (χ2v) is 6.51. The summed E-state index contributed by atoms with van der Waals surface area (Å²) in [6, 6.07) is 9.33. The Balaban J connectivity index is 1.80. The van der Waals surface area contributed by atoms with Crippen LogP contribution in [0.4, 0.5) is 4.39 Å². The Hall–Kier alpha value is -1.11. The Bertz CT molecular complexity index is 410. The third-order valence-electron chi connectivity index (χ3n) is 4.93. The Labute approximate surface area is 129 Å². The van der Waals surface area contributed by atoms with Crippen LogP contribution in [0, 0.1) is 5.92 Å². The first-order valence-electron chi connectivity index (χ1n) is 8.67. The van der Waals surface area contributed by atoms with Gasteiger partial charge in [0.05, 0.1) is 6.33 Å². The maximum absolute atomic E-state index is 12.1. The van der Waals surface area contributed by atoms with E-state index < -0.39 is 0 Å². The number of allylic oxidation sites excluding steroid dienone is 1. The number of benzene rings is 1. The van der Waals surface area contributed by atoms with E-state index in [2.05, 4.69) is 31.2 Å². The van der Waals surface area contributed by atoms with Crippen molar-refractivity contribution in [1.29, 1.82) is 0 Å². The molecule has 116 valence electrons. The molecule has 1 heteroatoms. The van der Waals surface area contributed by atoms with Gasteiger partial charge in [-0.1, -0.05) is 50.1 Å². The molecular weight excluding hydrogens is 259 g/mol. The summed E-state index contributed by atoms with van der Waals surface area (Å²) in [4.78, 5) is 0. The van der Waals surface area contributed by atoms with E-state index in [4.69, 9.17) is 0 Å². The van der Waals surface area contributed by atoms with Gasteiger partial charge in [-0.05, 0) is 67.9 Å². The standard InChI is InChI=1S/C20H29F/c1-2-3-4-6-17-8-12-19(13-9-17)20-14-10-18(11-15-20)7-5-16-21/h5,8-9,12-13,16,18,20H,2-4,6-7,10-11,14-15H2,1H3/b16-5+. The summed E-state index contributed by atoms with van der Waals surface area (Å²) in [5.41, 5.74) is 2.99. The lowest BCUT2D eigenvalue weighted by Crippen LogP contribution is -2.12. The van der Waals surface area contributed by atoms with Gasteiger partial charge in [-0.25, -0.2) is 4.39 Å². The predicted molar refractivity (Wildman–Crippen MR) is 89.2 cm³/mol. The highest BCUT2D eigenvalue weighted by atomic mass is 19.1. The molecule has 1 saturated carbocycles. The van der Waals surface area contributed by atoms with Crippen LogP contribution in [-0.4, -0.2) is 0 Å². The Morgan fingerprint density at radius 1 is 1.05 bits per heavy atom. The molecular formula is C20H29F. The Morgan fingerprint density at radius 2 is 1.76 bits per heavy atom. The van der Waals surface area contributed by atoms with Gasteiger partial charge in [0.2, 0.25) is 0 Å². The van der Waals surface area contributed by atoms with Crippen LogP contribution in [0.15, 0.2) is 36.7 Å². The summed E-state index contributed by atoms with van der Waals surface area (Å²) in [5, 5.41) is 0. The van der Waals surface area contributed by atoms with Gasteiger partial charge in [0.15, 0.2) is 0 Å². The third kappa shape index (κ3) is 5.30. The molecule has 0 spiro atoms. The monoisotopic (exact) mass is 288 g/mol. The first kappa shape index (κ1) is 16.3. The van der Waals surface area contributed by atoms with E-state index in [1.54, 1.807) is 6.08 Å². The molecule has 0 N–H and O–H groups in total. The van der Waals surface area contributed by atoms with Crippen LogP contribution in [0.3, 0.4) is 0 Å². The van der Waals surface area contributed by atoms with Gasteiger partial charge in [-0.2, -0.15) is 0 Å². The number of hydrogen-bond donors (Lipinski definition) is 0. The summed E-state index contributed by atoms with van der Waals surface area (Å²) in [5.74, 6) is 1.42. The van der Waals surface area contributed by atoms with Crippen molar-refractivity contribution in [3.05, 3.63) is 47.8 Å². The van der Waals surface area contributed by atoms with Gasteiger partial charge in [-0.3, -0.25) is 0 Å². The van der Waals surface area contributed by atoms with E-state index in [0.29, 0.717) is 12.2 Å². The molecule has 0 unspecified atom stereocenters. The molecule has 1 aromatic carbocycles. The first-order chi connectivity index (χ1) is 10.3. The lowest BCUT2D eigenvalue weighted by molar-refractivity contribution is 0.327. The number of halogens is 1. The topological polar surface area (TPSA) is 0 Å². The molecule has 1 fully saturated rings. The highest BCUT2D eigenvalue weighted by molar-refractivity contribution is 5.26. The SMILES string of the molecule is CCCCCc1ccc(C2CCC(C/C=C/F)CC2)cc1. The van der Waals surface area contributed by atoms with Gasteiger partial charge in [0.25, 0.3) is 0 Å². The second kappa shape index (κ2) is 9.02. The molecule has 2 rings (SSSR count). The largest absolute Gasteiger partial charge is 0.216 e. The minimum absolute atomic E-state index is 0.696. The molecule has 0 saturated heterocycles. The van der Waals surface area contributed by atoms with E-state index in [1.165, 1.54) is 62.5 Å². The Morgan fingerprint density at radius 3 is 2.38 bits per heavy atom.